The minimum absolute atomic E-state index is 0.509. The first-order valence-electron chi connectivity index (χ1n) is 9.07. The van der Waals surface area contributed by atoms with Crippen LogP contribution in [0.25, 0.3) is 11.5 Å². The Morgan fingerprint density at radius 3 is 2.64 bits per heavy atom. The molecule has 6 nitrogen and oxygen atoms in total. The Morgan fingerprint density at radius 2 is 1.89 bits per heavy atom. The third-order valence-electron chi connectivity index (χ3n) is 3.88. The fourth-order valence-corrected chi connectivity index (χ4v) is 3.14. The van der Waals surface area contributed by atoms with Crippen LogP contribution in [0.5, 0.6) is 11.5 Å². The molecule has 0 N–H and O–H groups in total. The van der Waals surface area contributed by atoms with E-state index < -0.39 is 0 Å². The molecule has 1 heterocycles. The summed E-state index contributed by atoms with van der Waals surface area (Å²) >= 11 is 1.50. The highest BCUT2D eigenvalue weighted by Crippen LogP contribution is 2.28. The molecule has 0 aliphatic rings. The summed E-state index contributed by atoms with van der Waals surface area (Å²) in [4.78, 5) is 10.9. The largest absolute Gasteiger partial charge is 0.490 e. The Bertz CT molecular complexity index is 909. The Kier molecular flexibility index (Phi) is 7.08. The highest BCUT2D eigenvalue weighted by atomic mass is 32.2. The molecule has 146 valence electrons. The van der Waals surface area contributed by atoms with Crippen LogP contribution in [0, 0.1) is 6.92 Å². The molecule has 0 unspecified atom stereocenters. The van der Waals surface area contributed by atoms with Crippen molar-refractivity contribution in [3.8, 4) is 23.0 Å². The number of hydrogen-bond donors (Lipinski definition) is 0. The number of benzene rings is 2. The molecule has 1 aromatic heterocycles. The molecule has 0 aliphatic heterocycles. The monoisotopic (exact) mass is 398 g/mol. The maximum Gasteiger partial charge on any atom is 0.276 e. The van der Waals surface area contributed by atoms with Crippen molar-refractivity contribution in [3.63, 3.8) is 0 Å². The van der Waals surface area contributed by atoms with Crippen LogP contribution in [0.4, 0.5) is 0 Å². The Hall–Kier alpha value is -2.80. The van der Waals surface area contributed by atoms with Crippen LogP contribution < -0.4 is 9.47 Å². The molecule has 0 amide bonds. The van der Waals surface area contributed by atoms with Gasteiger partial charge >= 0.3 is 0 Å². The van der Waals surface area contributed by atoms with Gasteiger partial charge < -0.3 is 13.9 Å². The van der Waals surface area contributed by atoms with Crippen LogP contribution in [0.1, 0.15) is 29.3 Å². The van der Waals surface area contributed by atoms with E-state index in [9.17, 15) is 4.79 Å². The van der Waals surface area contributed by atoms with Crippen LogP contribution in [0.15, 0.2) is 52.1 Å². The summed E-state index contributed by atoms with van der Waals surface area (Å²) < 4.78 is 17.0. The SMILES string of the molecule is CCOc1cc(C=O)ccc1OCCCSc1nnc(-c2ccc(C)cc2)o1. The number of nitrogens with zero attached hydrogens (tertiary/aromatic N) is 2. The average Bonchev–Trinajstić information content (AvgIpc) is 3.18. The van der Waals surface area contributed by atoms with Crippen molar-refractivity contribution < 1.29 is 18.7 Å². The Labute approximate surface area is 168 Å². The summed E-state index contributed by atoms with van der Waals surface area (Å²) in [5.41, 5.74) is 2.66. The molecule has 0 fully saturated rings. The summed E-state index contributed by atoms with van der Waals surface area (Å²) in [6.45, 7) is 4.96. The van der Waals surface area contributed by atoms with Gasteiger partial charge in [0.1, 0.15) is 6.29 Å². The van der Waals surface area contributed by atoms with Crippen molar-refractivity contribution in [2.24, 2.45) is 0 Å². The number of hydrogen-bond acceptors (Lipinski definition) is 7. The fourth-order valence-electron chi connectivity index (χ4n) is 2.47. The normalized spacial score (nSPS) is 10.6. The van der Waals surface area contributed by atoms with Crippen LogP contribution >= 0.6 is 11.8 Å². The van der Waals surface area contributed by atoms with Gasteiger partial charge in [0, 0.05) is 16.9 Å². The third-order valence-corrected chi connectivity index (χ3v) is 4.79. The molecule has 3 rings (SSSR count). The Morgan fingerprint density at radius 1 is 1.07 bits per heavy atom. The summed E-state index contributed by atoms with van der Waals surface area (Å²) in [5.74, 6) is 2.53. The van der Waals surface area contributed by atoms with Gasteiger partial charge in [-0.1, -0.05) is 29.5 Å². The number of aryl methyl sites for hydroxylation is 1. The summed E-state index contributed by atoms with van der Waals surface area (Å²) in [6.07, 6.45) is 1.59. The molecular formula is C21H22N2O4S. The second kappa shape index (κ2) is 9.94. The van der Waals surface area contributed by atoms with E-state index in [0.29, 0.717) is 41.4 Å². The number of carbonyl (C=O) groups excluding carboxylic acids is 1. The predicted molar refractivity (Wildman–Crippen MR) is 108 cm³/mol. The molecular weight excluding hydrogens is 376 g/mol. The lowest BCUT2D eigenvalue weighted by molar-refractivity contribution is 0.112. The average molecular weight is 398 g/mol. The van der Waals surface area contributed by atoms with Crippen LogP contribution in [0.3, 0.4) is 0 Å². The van der Waals surface area contributed by atoms with Crippen molar-refractivity contribution in [3.05, 3.63) is 53.6 Å². The van der Waals surface area contributed by atoms with Gasteiger partial charge in [0.2, 0.25) is 5.89 Å². The molecule has 7 heteroatoms. The summed E-state index contributed by atoms with van der Waals surface area (Å²) in [5, 5.41) is 8.72. The molecule has 3 aromatic rings. The van der Waals surface area contributed by atoms with Crippen molar-refractivity contribution in [1.29, 1.82) is 0 Å². The Balaban J connectivity index is 1.46. The van der Waals surface area contributed by atoms with Gasteiger partial charge in [-0.05, 0) is 50.6 Å². The number of aldehydes is 1. The lowest BCUT2D eigenvalue weighted by Gasteiger charge is -2.12. The lowest BCUT2D eigenvalue weighted by atomic mass is 10.1. The van der Waals surface area contributed by atoms with Crippen molar-refractivity contribution in [2.75, 3.05) is 19.0 Å². The molecule has 28 heavy (non-hydrogen) atoms. The maximum atomic E-state index is 10.9. The van der Waals surface area contributed by atoms with Crippen LogP contribution in [-0.4, -0.2) is 35.5 Å². The topological polar surface area (TPSA) is 74.5 Å². The van der Waals surface area contributed by atoms with E-state index in [1.165, 1.54) is 17.3 Å². The quantitative estimate of drug-likeness (QED) is 0.275. The molecule has 2 aromatic carbocycles. The first-order chi connectivity index (χ1) is 13.7. The number of ether oxygens (including phenoxy) is 2. The smallest absolute Gasteiger partial charge is 0.276 e. The molecule has 0 bridgehead atoms. The second-order valence-electron chi connectivity index (χ2n) is 6.05. The summed E-state index contributed by atoms with van der Waals surface area (Å²) in [6, 6.07) is 13.1. The molecule has 0 atom stereocenters. The van der Waals surface area contributed by atoms with E-state index in [-0.39, 0.29) is 0 Å². The second-order valence-corrected chi connectivity index (χ2v) is 7.09. The number of rotatable bonds is 10. The third kappa shape index (κ3) is 5.36. The zero-order chi connectivity index (χ0) is 19.8. The zero-order valence-electron chi connectivity index (χ0n) is 15.9. The van der Waals surface area contributed by atoms with E-state index >= 15 is 0 Å². The minimum atomic E-state index is 0.509. The van der Waals surface area contributed by atoms with E-state index in [0.717, 1.165) is 24.0 Å². The molecule has 0 radical (unpaired) electrons. The van der Waals surface area contributed by atoms with Crippen molar-refractivity contribution >= 4 is 18.0 Å². The van der Waals surface area contributed by atoms with E-state index in [2.05, 4.69) is 10.2 Å². The lowest BCUT2D eigenvalue weighted by Crippen LogP contribution is -2.02. The highest BCUT2D eigenvalue weighted by molar-refractivity contribution is 7.99. The first kappa shape index (κ1) is 19.9. The van der Waals surface area contributed by atoms with E-state index in [1.54, 1.807) is 18.2 Å². The summed E-state index contributed by atoms with van der Waals surface area (Å²) in [7, 11) is 0. The van der Waals surface area contributed by atoms with Crippen LogP contribution in [0.2, 0.25) is 0 Å². The van der Waals surface area contributed by atoms with Gasteiger partial charge in [-0.2, -0.15) is 0 Å². The molecule has 0 saturated heterocycles. The van der Waals surface area contributed by atoms with Gasteiger partial charge in [0.25, 0.3) is 5.22 Å². The van der Waals surface area contributed by atoms with E-state index in [1.807, 2.05) is 38.1 Å². The molecule has 0 aliphatic carbocycles. The van der Waals surface area contributed by atoms with Gasteiger partial charge in [0.15, 0.2) is 11.5 Å². The standard InChI is InChI=1S/C21H22N2O4S/c1-3-25-19-13-16(14-24)7-10-18(19)26-11-4-12-28-21-23-22-20(27-21)17-8-5-15(2)6-9-17/h5-10,13-14H,3-4,11-12H2,1-2H3. The minimum Gasteiger partial charge on any atom is -0.490 e. The maximum absolute atomic E-state index is 10.9. The fraction of sp³-hybridized carbons (Fsp3) is 0.286. The number of thioether (sulfide) groups is 1. The number of carbonyl (C=O) groups is 1. The molecule has 0 saturated carbocycles. The predicted octanol–water partition coefficient (Wildman–Crippen LogP) is 4.82. The van der Waals surface area contributed by atoms with Crippen molar-refractivity contribution in [2.45, 2.75) is 25.5 Å². The van der Waals surface area contributed by atoms with Gasteiger partial charge in [-0.3, -0.25) is 4.79 Å². The van der Waals surface area contributed by atoms with Gasteiger partial charge in [0.05, 0.1) is 13.2 Å². The highest BCUT2D eigenvalue weighted by Gasteiger charge is 2.09. The van der Waals surface area contributed by atoms with E-state index in [4.69, 9.17) is 13.9 Å². The van der Waals surface area contributed by atoms with Crippen LogP contribution in [-0.2, 0) is 0 Å². The zero-order valence-corrected chi connectivity index (χ0v) is 16.7. The number of aromatic nitrogens is 2. The van der Waals surface area contributed by atoms with Gasteiger partial charge in [-0.25, -0.2) is 0 Å². The van der Waals surface area contributed by atoms with Gasteiger partial charge in [-0.15, -0.1) is 10.2 Å². The van der Waals surface area contributed by atoms with Crippen molar-refractivity contribution in [1.82, 2.24) is 10.2 Å². The first-order valence-corrected chi connectivity index (χ1v) is 10.1. The molecule has 0 spiro atoms.